The Bertz CT molecular complexity index is 943. The third-order valence-electron chi connectivity index (χ3n) is 5.02. The van der Waals surface area contributed by atoms with Crippen molar-refractivity contribution in [1.82, 2.24) is 4.90 Å². The molecule has 3 rings (SSSR count). The minimum absolute atomic E-state index is 0.126. The first kappa shape index (κ1) is 20.4. The molecule has 0 spiro atoms. The molecule has 7 nitrogen and oxygen atoms in total. The van der Waals surface area contributed by atoms with Gasteiger partial charge in [0.1, 0.15) is 0 Å². The van der Waals surface area contributed by atoms with Gasteiger partial charge in [0.05, 0.1) is 23.0 Å². The Balaban J connectivity index is 1.81. The van der Waals surface area contributed by atoms with Crippen LogP contribution in [0.5, 0.6) is 0 Å². The van der Waals surface area contributed by atoms with E-state index in [1.54, 1.807) is 24.3 Å². The van der Waals surface area contributed by atoms with E-state index in [1.165, 1.54) is 6.07 Å². The topological polar surface area (TPSA) is 96.7 Å². The second-order valence-electron chi connectivity index (χ2n) is 7.10. The van der Waals surface area contributed by atoms with E-state index in [2.05, 4.69) is 21.2 Å². The number of aromatic carboxylic acids is 1. The quantitative estimate of drug-likeness (QED) is 0.785. The number of hydrogen-bond acceptors (Lipinski definition) is 5. The Morgan fingerprint density at radius 3 is 2.52 bits per heavy atom. The number of hydrogen-bond donors (Lipinski definition) is 2. The molecule has 0 bridgehead atoms. The van der Waals surface area contributed by atoms with Crippen LogP contribution < -0.4 is 10.2 Å². The maximum Gasteiger partial charge on any atom is 0.335 e. The molecule has 1 amide bonds. The molecule has 7 heteroatoms. The number of nitriles is 1. The fourth-order valence-electron chi connectivity index (χ4n) is 3.45. The molecule has 1 saturated heterocycles. The van der Waals surface area contributed by atoms with Crippen molar-refractivity contribution in [3.63, 3.8) is 0 Å². The second-order valence-corrected chi connectivity index (χ2v) is 7.10. The molecular formula is C22H24N4O3. The van der Waals surface area contributed by atoms with E-state index < -0.39 is 5.97 Å². The van der Waals surface area contributed by atoms with E-state index in [0.29, 0.717) is 17.7 Å². The van der Waals surface area contributed by atoms with Gasteiger partial charge in [-0.25, -0.2) is 4.79 Å². The zero-order valence-corrected chi connectivity index (χ0v) is 16.4. The van der Waals surface area contributed by atoms with Crippen molar-refractivity contribution in [2.75, 3.05) is 42.9 Å². The first-order chi connectivity index (χ1) is 14.0. The van der Waals surface area contributed by atoms with Crippen molar-refractivity contribution in [3.8, 4) is 6.07 Å². The minimum atomic E-state index is -1.04. The maximum absolute atomic E-state index is 12.7. The molecule has 1 aliphatic rings. The summed E-state index contributed by atoms with van der Waals surface area (Å²) in [6, 6.07) is 14.2. The number of amides is 1. The molecule has 1 fully saturated rings. The van der Waals surface area contributed by atoms with E-state index in [9.17, 15) is 14.7 Å². The van der Waals surface area contributed by atoms with Crippen LogP contribution in [-0.2, 0) is 0 Å². The maximum atomic E-state index is 12.7. The van der Waals surface area contributed by atoms with Crippen LogP contribution in [0, 0.1) is 18.3 Å². The average Bonchev–Trinajstić information content (AvgIpc) is 2.72. The molecule has 150 valence electrons. The molecule has 0 aromatic heterocycles. The van der Waals surface area contributed by atoms with Crippen LogP contribution in [0.3, 0.4) is 0 Å². The van der Waals surface area contributed by atoms with Gasteiger partial charge in [-0.3, -0.25) is 9.69 Å². The van der Waals surface area contributed by atoms with E-state index >= 15 is 0 Å². The largest absolute Gasteiger partial charge is 0.478 e. The second kappa shape index (κ2) is 9.22. The third kappa shape index (κ3) is 5.12. The Morgan fingerprint density at radius 2 is 1.86 bits per heavy atom. The number of aryl methyl sites for hydroxylation is 1. The lowest BCUT2D eigenvalue weighted by atomic mass is 10.1. The summed E-state index contributed by atoms with van der Waals surface area (Å²) in [4.78, 5) is 28.5. The summed E-state index contributed by atoms with van der Waals surface area (Å²) in [5.74, 6) is -1.31. The van der Waals surface area contributed by atoms with Gasteiger partial charge in [0.15, 0.2) is 0 Å². The third-order valence-corrected chi connectivity index (χ3v) is 5.02. The Labute approximate surface area is 170 Å². The summed E-state index contributed by atoms with van der Waals surface area (Å²) < 4.78 is 0. The summed E-state index contributed by atoms with van der Waals surface area (Å²) in [5.41, 5.74) is 2.92. The highest BCUT2D eigenvalue weighted by molar-refractivity contribution is 6.06. The van der Waals surface area contributed by atoms with Gasteiger partial charge < -0.3 is 15.3 Å². The molecule has 1 heterocycles. The van der Waals surface area contributed by atoms with Crippen molar-refractivity contribution in [3.05, 3.63) is 59.2 Å². The van der Waals surface area contributed by atoms with Gasteiger partial charge in [-0.15, -0.1) is 0 Å². The highest BCUT2D eigenvalue weighted by Gasteiger charge is 2.21. The van der Waals surface area contributed by atoms with Gasteiger partial charge in [-0.05, 0) is 37.3 Å². The van der Waals surface area contributed by atoms with Gasteiger partial charge in [0, 0.05) is 44.7 Å². The molecule has 0 aliphatic carbocycles. The van der Waals surface area contributed by atoms with Crippen molar-refractivity contribution in [2.45, 2.75) is 13.3 Å². The normalized spacial score (nSPS) is 14.3. The van der Waals surface area contributed by atoms with E-state index in [-0.39, 0.29) is 11.5 Å². The van der Waals surface area contributed by atoms with Crippen LogP contribution in [0.4, 0.5) is 11.4 Å². The predicted octanol–water partition coefficient (Wildman–Crippen LogP) is 2.98. The minimum Gasteiger partial charge on any atom is -0.478 e. The first-order valence-corrected chi connectivity index (χ1v) is 9.57. The van der Waals surface area contributed by atoms with Crippen molar-refractivity contribution >= 4 is 23.3 Å². The van der Waals surface area contributed by atoms with Crippen molar-refractivity contribution in [1.29, 1.82) is 5.26 Å². The molecule has 0 radical (unpaired) electrons. The van der Waals surface area contributed by atoms with Gasteiger partial charge >= 0.3 is 5.97 Å². The summed E-state index contributed by atoms with van der Waals surface area (Å²) in [6.45, 7) is 5.77. The number of anilines is 2. The number of carboxylic acids is 1. The summed E-state index contributed by atoms with van der Waals surface area (Å²) >= 11 is 0. The molecule has 2 aromatic rings. The lowest BCUT2D eigenvalue weighted by molar-refractivity contribution is 0.0696. The van der Waals surface area contributed by atoms with Crippen LogP contribution in [0.2, 0.25) is 0 Å². The first-order valence-electron chi connectivity index (χ1n) is 9.57. The standard InChI is InChI=1S/C22H24N4O3/c1-16-4-2-5-17(14-16)21(27)24-19-15-18(22(28)29)6-7-20(19)26-12-10-25(11-13-26)9-3-8-23/h2,4-7,14-15H,3,9-13H2,1H3,(H,24,27)(H,28,29). The van der Waals surface area contributed by atoms with E-state index in [4.69, 9.17) is 5.26 Å². The van der Waals surface area contributed by atoms with Crippen LogP contribution >= 0.6 is 0 Å². The van der Waals surface area contributed by atoms with Crippen molar-refractivity contribution < 1.29 is 14.7 Å². The SMILES string of the molecule is Cc1cccc(C(=O)Nc2cc(C(=O)O)ccc2N2CCN(CCC#N)CC2)c1. The van der Waals surface area contributed by atoms with Gasteiger partial charge in [-0.2, -0.15) is 5.26 Å². The van der Waals surface area contributed by atoms with Crippen LogP contribution in [-0.4, -0.2) is 54.6 Å². The Hall–Kier alpha value is -3.37. The number of nitrogens with zero attached hydrogens (tertiary/aromatic N) is 3. The fourth-order valence-corrected chi connectivity index (χ4v) is 3.45. The van der Waals surface area contributed by atoms with Gasteiger partial charge in [-0.1, -0.05) is 17.7 Å². The highest BCUT2D eigenvalue weighted by atomic mass is 16.4. The molecule has 0 saturated carbocycles. The number of carboxylic acid groups (broad SMARTS) is 1. The molecule has 2 N–H and O–H groups in total. The average molecular weight is 392 g/mol. The zero-order valence-electron chi connectivity index (χ0n) is 16.4. The van der Waals surface area contributed by atoms with E-state index in [1.807, 2.05) is 19.1 Å². The van der Waals surface area contributed by atoms with Crippen LogP contribution in [0.15, 0.2) is 42.5 Å². The lowest BCUT2D eigenvalue weighted by Gasteiger charge is -2.36. The Kier molecular flexibility index (Phi) is 6.47. The van der Waals surface area contributed by atoms with Gasteiger partial charge in [0.2, 0.25) is 0 Å². The molecule has 1 aliphatic heterocycles. The van der Waals surface area contributed by atoms with Crippen molar-refractivity contribution in [2.24, 2.45) is 0 Å². The number of nitrogens with one attached hydrogen (secondary N) is 1. The summed E-state index contributed by atoms with van der Waals surface area (Å²) in [5, 5.41) is 21.0. The monoisotopic (exact) mass is 392 g/mol. The molecule has 2 aromatic carbocycles. The highest BCUT2D eigenvalue weighted by Crippen LogP contribution is 2.29. The molecule has 0 atom stereocenters. The number of rotatable bonds is 6. The van der Waals surface area contributed by atoms with Gasteiger partial charge in [0.25, 0.3) is 5.91 Å². The predicted molar refractivity (Wildman–Crippen MR) is 111 cm³/mol. The smallest absolute Gasteiger partial charge is 0.335 e. The van der Waals surface area contributed by atoms with Crippen LogP contribution in [0.25, 0.3) is 0 Å². The van der Waals surface area contributed by atoms with Crippen LogP contribution in [0.1, 0.15) is 32.7 Å². The number of piperazine rings is 1. The number of carbonyl (C=O) groups is 2. The van der Waals surface area contributed by atoms with E-state index in [0.717, 1.165) is 44.0 Å². The molecule has 0 unspecified atom stereocenters. The Morgan fingerprint density at radius 1 is 1.10 bits per heavy atom. The summed E-state index contributed by atoms with van der Waals surface area (Å²) in [7, 11) is 0. The lowest BCUT2D eigenvalue weighted by Crippen LogP contribution is -2.46. The fraction of sp³-hybridized carbons (Fsp3) is 0.318. The molecular weight excluding hydrogens is 368 g/mol. The number of carbonyl (C=O) groups excluding carboxylic acids is 1. The summed E-state index contributed by atoms with van der Waals surface area (Å²) in [6.07, 6.45) is 0.505. The molecule has 29 heavy (non-hydrogen) atoms. The number of benzene rings is 2. The zero-order chi connectivity index (χ0) is 20.8.